The first-order chi connectivity index (χ1) is 12.6. The largest absolute Gasteiger partial charge is 0.497 e. The van der Waals surface area contributed by atoms with E-state index >= 15 is 0 Å². The lowest BCUT2D eigenvalue weighted by Crippen LogP contribution is -2.00. The molecule has 1 heterocycles. The summed E-state index contributed by atoms with van der Waals surface area (Å²) in [6.45, 7) is -0.104. The van der Waals surface area contributed by atoms with Crippen LogP contribution >= 0.6 is 11.6 Å². The van der Waals surface area contributed by atoms with Gasteiger partial charge in [0.2, 0.25) is 5.89 Å². The number of nitrogens with zero attached hydrogens (tertiary/aromatic N) is 2. The van der Waals surface area contributed by atoms with Crippen molar-refractivity contribution in [2.45, 2.75) is 6.61 Å². The Morgan fingerprint density at radius 3 is 2.54 bits per heavy atom. The standard InChI is InChI=1S/C19H15ClN2O4/c1-24-16-9-5-14(6-10-16)19-22-21-17(26-19)12-25-18(23)11-4-13-2-7-15(20)8-3-13/h2-11H,12H2,1H3/b11-4+. The van der Waals surface area contributed by atoms with Crippen LogP contribution in [-0.4, -0.2) is 23.3 Å². The minimum atomic E-state index is -0.510. The molecule has 1 aromatic heterocycles. The van der Waals surface area contributed by atoms with E-state index in [1.54, 1.807) is 61.7 Å². The number of esters is 1. The van der Waals surface area contributed by atoms with Crippen molar-refractivity contribution < 1.29 is 18.7 Å². The molecular weight excluding hydrogens is 356 g/mol. The highest BCUT2D eigenvalue weighted by atomic mass is 35.5. The Balaban J connectivity index is 1.55. The fourth-order valence-electron chi connectivity index (χ4n) is 2.08. The highest BCUT2D eigenvalue weighted by Crippen LogP contribution is 2.21. The van der Waals surface area contributed by atoms with E-state index in [2.05, 4.69) is 10.2 Å². The van der Waals surface area contributed by atoms with Gasteiger partial charge in [0.25, 0.3) is 5.89 Å². The first-order valence-electron chi connectivity index (χ1n) is 7.71. The van der Waals surface area contributed by atoms with Crippen molar-refractivity contribution >= 4 is 23.6 Å². The zero-order chi connectivity index (χ0) is 18.4. The number of hydrogen-bond acceptors (Lipinski definition) is 6. The van der Waals surface area contributed by atoms with Gasteiger partial charge in [0.05, 0.1) is 7.11 Å². The summed E-state index contributed by atoms with van der Waals surface area (Å²) in [7, 11) is 1.59. The zero-order valence-corrected chi connectivity index (χ0v) is 14.6. The van der Waals surface area contributed by atoms with Gasteiger partial charge in [-0.15, -0.1) is 10.2 Å². The van der Waals surface area contributed by atoms with Crippen LogP contribution in [-0.2, 0) is 16.1 Å². The number of ether oxygens (including phenoxy) is 2. The van der Waals surface area contributed by atoms with E-state index in [1.807, 2.05) is 0 Å². The summed E-state index contributed by atoms with van der Waals surface area (Å²) in [5.41, 5.74) is 1.59. The highest BCUT2D eigenvalue weighted by molar-refractivity contribution is 6.30. The van der Waals surface area contributed by atoms with E-state index in [1.165, 1.54) is 6.08 Å². The van der Waals surface area contributed by atoms with Crippen LogP contribution in [0.15, 0.2) is 59.0 Å². The summed E-state index contributed by atoms with van der Waals surface area (Å²) in [6.07, 6.45) is 2.96. The minimum absolute atomic E-state index is 0.104. The SMILES string of the molecule is COc1ccc(-c2nnc(COC(=O)/C=C/c3ccc(Cl)cc3)o2)cc1. The fraction of sp³-hybridized carbons (Fsp3) is 0.105. The maximum Gasteiger partial charge on any atom is 0.331 e. The van der Waals surface area contributed by atoms with E-state index in [9.17, 15) is 4.79 Å². The smallest absolute Gasteiger partial charge is 0.331 e. The molecule has 132 valence electrons. The van der Waals surface area contributed by atoms with Crippen LogP contribution in [0.25, 0.3) is 17.5 Å². The normalized spacial score (nSPS) is 10.8. The lowest BCUT2D eigenvalue weighted by atomic mass is 10.2. The summed E-state index contributed by atoms with van der Waals surface area (Å²) in [5, 5.41) is 8.45. The van der Waals surface area contributed by atoms with Crippen LogP contribution in [0.3, 0.4) is 0 Å². The molecule has 0 N–H and O–H groups in total. The van der Waals surface area contributed by atoms with Gasteiger partial charge in [-0.05, 0) is 48.0 Å². The number of rotatable bonds is 6. The predicted molar refractivity (Wildman–Crippen MR) is 96.6 cm³/mol. The topological polar surface area (TPSA) is 74.5 Å². The quantitative estimate of drug-likeness (QED) is 0.479. The Morgan fingerprint density at radius 2 is 1.85 bits per heavy atom. The summed E-state index contributed by atoms with van der Waals surface area (Å²) in [4.78, 5) is 11.8. The van der Waals surface area contributed by atoms with Gasteiger partial charge in [-0.1, -0.05) is 23.7 Å². The molecule has 0 saturated carbocycles. The highest BCUT2D eigenvalue weighted by Gasteiger charge is 2.10. The molecule has 0 saturated heterocycles. The van der Waals surface area contributed by atoms with Crippen LogP contribution in [0.4, 0.5) is 0 Å². The fourth-order valence-corrected chi connectivity index (χ4v) is 2.21. The van der Waals surface area contributed by atoms with Crippen molar-refractivity contribution in [2.24, 2.45) is 0 Å². The van der Waals surface area contributed by atoms with Gasteiger partial charge in [0.1, 0.15) is 5.75 Å². The molecule has 3 rings (SSSR count). The third kappa shape index (κ3) is 4.70. The second kappa shape index (κ2) is 8.31. The molecule has 0 atom stereocenters. The first-order valence-corrected chi connectivity index (χ1v) is 8.09. The van der Waals surface area contributed by atoms with E-state index in [-0.39, 0.29) is 12.5 Å². The van der Waals surface area contributed by atoms with Gasteiger partial charge < -0.3 is 13.9 Å². The van der Waals surface area contributed by atoms with Crippen molar-refractivity contribution in [3.8, 4) is 17.2 Å². The Kier molecular flexibility index (Phi) is 5.66. The number of benzene rings is 2. The number of carbonyl (C=O) groups excluding carboxylic acids is 1. The van der Waals surface area contributed by atoms with Gasteiger partial charge in [-0.25, -0.2) is 4.79 Å². The molecule has 0 spiro atoms. The summed E-state index contributed by atoms with van der Waals surface area (Å²) < 4.78 is 15.7. The van der Waals surface area contributed by atoms with Gasteiger partial charge in [-0.2, -0.15) is 0 Å². The molecule has 7 heteroatoms. The van der Waals surface area contributed by atoms with E-state index in [0.29, 0.717) is 10.9 Å². The third-order valence-corrected chi connectivity index (χ3v) is 3.68. The lowest BCUT2D eigenvalue weighted by molar-refractivity contribution is -0.139. The first kappa shape index (κ1) is 17.7. The van der Waals surface area contributed by atoms with E-state index in [4.69, 9.17) is 25.5 Å². The monoisotopic (exact) mass is 370 g/mol. The van der Waals surface area contributed by atoms with Gasteiger partial charge >= 0.3 is 5.97 Å². The number of carbonyl (C=O) groups is 1. The minimum Gasteiger partial charge on any atom is -0.497 e. The molecule has 0 aliphatic heterocycles. The molecule has 26 heavy (non-hydrogen) atoms. The van der Waals surface area contributed by atoms with E-state index in [0.717, 1.165) is 16.9 Å². The number of methoxy groups -OCH3 is 1. The lowest BCUT2D eigenvalue weighted by Gasteiger charge is -1.99. The Bertz CT molecular complexity index is 902. The van der Waals surface area contributed by atoms with Crippen LogP contribution in [0, 0.1) is 0 Å². The number of hydrogen-bond donors (Lipinski definition) is 0. The molecule has 0 amide bonds. The van der Waals surface area contributed by atoms with Crippen molar-refractivity contribution in [2.75, 3.05) is 7.11 Å². The van der Waals surface area contributed by atoms with Crippen LogP contribution in [0.1, 0.15) is 11.5 Å². The molecule has 0 aliphatic rings. The van der Waals surface area contributed by atoms with Crippen molar-refractivity contribution in [3.63, 3.8) is 0 Å². The molecule has 0 unspecified atom stereocenters. The molecule has 0 bridgehead atoms. The molecule has 0 radical (unpaired) electrons. The molecule has 2 aromatic carbocycles. The van der Waals surface area contributed by atoms with Crippen molar-refractivity contribution in [1.29, 1.82) is 0 Å². The molecule has 0 fully saturated rings. The van der Waals surface area contributed by atoms with Crippen molar-refractivity contribution in [1.82, 2.24) is 10.2 Å². The number of halogens is 1. The third-order valence-electron chi connectivity index (χ3n) is 3.42. The van der Waals surface area contributed by atoms with Crippen LogP contribution < -0.4 is 4.74 Å². The van der Waals surface area contributed by atoms with Crippen LogP contribution in [0.2, 0.25) is 5.02 Å². The molecule has 3 aromatic rings. The second-order valence-electron chi connectivity index (χ2n) is 5.22. The molecule has 6 nitrogen and oxygen atoms in total. The Hall–Kier alpha value is -3.12. The molecule has 0 aliphatic carbocycles. The average Bonchev–Trinajstić information content (AvgIpc) is 3.15. The van der Waals surface area contributed by atoms with Gasteiger partial charge in [0.15, 0.2) is 6.61 Å². The summed E-state index contributed by atoms with van der Waals surface area (Å²) in [5.74, 6) is 0.776. The maximum atomic E-state index is 11.8. The second-order valence-corrected chi connectivity index (χ2v) is 5.66. The molecular formula is C19H15ClN2O4. The Labute approximate surface area is 155 Å². The predicted octanol–water partition coefficient (Wildman–Crippen LogP) is 4.16. The summed E-state index contributed by atoms with van der Waals surface area (Å²) in [6, 6.07) is 14.3. The number of aromatic nitrogens is 2. The maximum absolute atomic E-state index is 11.8. The average molecular weight is 371 g/mol. The van der Waals surface area contributed by atoms with E-state index < -0.39 is 5.97 Å². The Morgan fingerprint density at radius 1 is 1.12 bits per heavy atom. The van der Waals surface area contributed by atoms with Gasteiger partial charge in [0, 0.05) is 16.7 Å². The zero-order valence-electron chi connectivity index (χ0n) is 13.9. The van der Waals surface area contributed by atoms with Crippen molar-refractivity contribution in [3.05, 3.63) is 71.1 Å². The summed E-state index contributed by atoms with van der Waals surface area (Å²) >= 11 is 5.81. The van der Waals surface area contributed by atoms with Crippen LogP contribution in [0.5, 0.6) is 5.75 Å². The van der Waals surface area contributed by atoms with Gasteiger partial charge in [-0.3, -0.25) is 0 Å².